The minimum absolute atomic E-state index is 0.0184. The number of nitrogens with zero attached hydrogens (tertiary/aromatic N) is 1. The van der Waals surface area contributed by atoms with E-state index in [2.05, 4.69) is 10.2 Å². The zero-order valence-corrected chi connectivity index (χ0v) is 8.66. The van der Waals surface area contributed by atoms with Gasteiger partial charge in [0.05, 0.1) is 6.61 Å². The average Bonchev–Trinajstić information content (AvgIpc) is 2.74. The zero-order chi connectivity index (χ0) is 9.97. The second-order valence-corrected chi connectivity index (χ2v) is 4.18. The molecule has 0 radical (unpaired) electrons. The standard InChI is InChI=1S/C10H18N2O2/c1-11-6-8-2-4-12(7-8)9-3-5-14-10(9)13/h8-9,11H,2-7H2,1H3. The fourth-order valence-electron chi connectivity index (χ4n) is 2.42. The lowest BCUT2D eigenvalue weighted by Crippen LogP contribution is -2.37. The van der Waals surface area contributed by atoms with E-state index in [1.807, 2.05) is 7.05 Å². The van der Waals surface area contributed by atoms with Gasteiger partial charge in [0.2, 0.25) is 0 Å². The van der Waals surface area contributed by atoms with E-state index >= 15 is 0 Å². The maximum absolute atomic E-state index is 11.3. The lowest BCUT2D eigenvalue weighted by molar-refractivity contribution is -0.142. The molecule has 0 bridgehead atoms. The highest BCUT2D eigenvalue weighted by atomic mass is 16.5. The number of esters is 1. The molecule has 1 N–H and O–H groups in total. The molecule has 0 saturated carbocycles. The molecule has 2 unspecified atom stereocenters. The van der Waals surface area contributed by atoms with Crippen molar-refractivity contribution in [3.8, 4) is 0 Å². The van der Waals surface area contributed by atoms with E-state index in [1.165, 1.54) is 6.42 Å². The first-order chi connectivity index (χ1) is 6.81. The first-order valence-corrected chi connectivity index (χ1v) is 5.36. The predicted molar refractivity (Wildman–Crippen MR) is 53.0 cm³/mol. The van der Waals surface area contributed by atoms with Gasteiger partial charge in [-0.2, -0.15) is 0 Å². The molecule has 0 aromatic carbocycles. The molecule has 2 aliphatic heterocycles. The summed E-state index contributed by atoms with van der Waals surface area (Å²) in [7, 11) is 1.98. The lowest BCUT2D eigenvalue weighted by Gasteiger charge is -2.20. The van der Waals surface area contributed by atoms with Gasteiger partial charge in [-0.15, -0.1) is 0 Å². The summed E-state index contributed by atoms with van der Waals surface area (Å²) >= 11 is 0. The summed E-state index contributed by atoms with van der Waals surface area (Å²) in [6.07, 6.45) is 2.08. The maximum Gasteiger partial charge on any atom is 0.323 e. The Balaban J connectivity index is 1.85. The summed E-state index contributed by atoms with van der Waals surface area (Å²) in [4.78, 5) is 13.6. The first kappa shape index (κ1) is 9.93. The van der Waals surface area contributed by atoms with Gasteiger partial charge in [0.25, 0.3) is 0 Å². The summed E-state index contributed by atoms with van der Waals surface area (Å²) in [6.45, 7) is 3.75. The normalized spacial score (nSPS) is 33.6. The molecule has 0 aromatic rings. The monoisotopic (exact) mass is 198 g/mol. The van der Waals surface area contributed by atoms with Crippen molar-refractivity contribution in [3.63, 3.8) is 0 Å². The summed E-state index contributed by atoms with van der Waals surface area (Å²) in [5.41, 5.74) is 0. The molecule has 2 atom stereocenters. The van der Waals surface area contributed by atoms with Crippen LogP contribution in [-0.4, -0.2) is 50.2 Å². The Bertz CT molecular complexity index is 220. The van der Waals surface area contributed by atoms with E-state index in [1.54, 1.807) is 0 Å². The van der Waals surface area contributed by atoms with E-state index < -0.39 is 0 Å². The minimum Gasteiger partial charge on any atom is -0.464 e. The molecule has 2 fully saturated rings. The number of likely N-dealkylation sites (tertiary alicyclic amines) is 1. The number of carbonyl (C=O) groups is 1. The first-order valence-electron chi connectivity index (χ1n) is 5.36. The highest BCUT2D eigenvalue weighted by molar-refractivity contribution is 5.77. The smallest absolute Gasteiger partial charge is 0.323 e. The molecule has 80 valence electrons. The number of carbonyl (C=O) groups excluding carboxylic acids is 1. The summed E-state index contributed by atoms with van der Waals surface area (Å²) in [5.74, 6) is 0.684. The van der Waals surface area contributed by atoms with Gasteiger partial charge in [0.1, 0.15) is 6.04 Å². The topological polar surface area (TPSA) is 41.6 Å². The van der Waals surface area contributed by atoms with E-state index in [0.717, 1.165) is 26.1 Å². The second kappa shape index (κ2) is 4.28. The molecular formula is C10H18N2O2. The van der Waals surface area contributed by atoms with Gasteiger partial charge in [0.15, 0.2) is 0 Å². The van der Waals surface area contributed by atoms with Gasteiger partial charge < -0.3 is 10.1 Å². The molecule has 14 heavy (non-hydrogen) atoms. The lowest BCUT2D eigenvalue weighted by atomic mass is 10.1. The summed E-state index contributed by atoms with van der Waals surface area (Å²) in [5, 5.41) is 3.19. The van der Waals surface area contributed by atoms with Gasteiger partial charge >= 0.3 is 5.97 Å². The molecule has 2 saturated heterocycles. The van der Waals surface area contributed by atoms with E-state index in [-0.39, 0.29) is 12.0 Å². The van der Waals surface area contributed by atoms with Crippen LogP contribution in [0.3, 0.4) is 0 Å². The van der Waals surface area contributed by atoms with Crippen molar-refractivity contribution in [2.45, 2.75) is 18.9 Å². The van der Waals surface area contributed by atoms with E-state index in [4.69, 9.17) is 4.74 Å². The summed E-state index contributed by atoms with van der Waals surface area (Å²) in [6, 6.07) is 0.0526. The predicted octanol–water partition coefficient (Wildman–Crippen LogP) is -0.157. The molecule has 2 rings (SSSR count). The average molecular weight is 198 g/mol. The fourth-order valence-corrected chi connectivity index (χ4v) is 2.42. The summed E-state index contributed by atoms with van der Waals surface area (Å²) < 4.78 is 4.98. The number of rotatable bonds is 3. The van der Waals surface area contributed by atoms with Crippen molar-refractivity contribution < 1.29 is 9.53 Å². The van der Waals surface area contributed by atoms with Crippen LogP contribution < -0.4 is 5.32 Å². The Labute approximate surface area is 84.6 Å². The van der Waals surface area contributed by atoms with Crippen LogP contribution in [0, 0.1) is 5.92 Å². The van der Waals surface area contributed by atoms with Gasteiger partial charge in [-0.3, -0.25) is 9.69 Å². The Kier molecular flexibility index (Phi) is 3.03. The van der Waals surface area contributed by atoms with Crippen LogP contribution in [0.1, 0.15) is 12.8 Å². The molecule has 0 amide bonds. The molecule has 2 aliphatic rings. The van der Waals surface area contributed by atoms with Crippen molar-refractivity contribution >= 4 is 5.97 Å². The molecule has 0 aliphatic carbocycles. The highest BCUT2D eigenvalue weighted by Gasteiger charge is 2.36. The molecule has 4 nitrogen and oxygen atoms in total. The van der Waals surface area contributed by atoms with Crippen LogP contribution in [0.25, 0.3) is 0 Å². The van der Waals surface area contributed by atoms with Crippen LogP contribution in [0.15, 0.2) is 0 Å². The van der Waals surface area contributed by atoms with Crippen LogP contribution in [0.5, 0.6) is 0 Å². The number of ether oxygens (including phenoxy) is 1. The van der Waals surface area contributed by atoms with Crippen molar-refractivity contribution in [2.75, 3.05) is 33.3 Å². The van der Waals surface area contributed by atoms with Crippen molar-refractivity contribution in [1.29, 1.82) is 0 Å². The third-order valence-corrected chi connectivity index (χ3v) is 3.16. The van der Waals surface area contributed by atoms with Gasteiger partial charge in [-0.1, -0.05) is 0 Å². The van der Waals surface area contributed by atoms with Crippen molar-refractivity contribution in [3.05, 3.63) is 0 Å². The Morgan fingerprint density at radius 2 is 2.43 bits per heavy atom. The Hall–Kier alpha value is -0.610. The fraction of sp³-hybridized carbons (Fsp3) is 0.900. The van der Waals surface area contributed by atoms with E-state index in [0.29, 0.717) is 12.5 Å². The molecular weight excluding hydrogens is 180 g/mol. The Morgan fingerprint density at radius 3 is 3.07 bits per heavy atom. The molecule has 4 heteroatoms. The molecule has 0 aromatic heterocycles. The van der Waals surface area contributed by atoms with Crippen LogP contribution in [0.2, 0.25) is 0 Å². The maximum atomic E-state index is 11.3. The Morgan fingerprint density at radius 1 is 1.57 bits per heavy atom. The number of nitrogens with one attached hydrogen (secondary N) is 1. The SMILES string of the molecule is CNCC1CCN(C2CCOC2=O)C1. The highest BCUT2D eigenvalue weighted by Crippen LogP contribution is 2.22. The second-order valence-electron chi connectivity index (χ2n) is 4.18. The quantitative estimate of drug-likeness (QED) is 0.640. The molecule has 2 heterocycles. The van der Waals surface area contributed by atoms with Crippen molar-refractivity contribution in [1.82, 2.24) is 10.2 Å². The number of cyclic esters (lactones) is 1. The van der Waals surface area contributed by atoms with E-state index in [9.17, 15) is 4.79 Å². The van der Waals surface area contributed by atoms with Gasteiger partial charge in [-0.25, -0.2) is 0 Å². The number of hydrogen-bond acceptors (Lipinski definition) is 4. The zero-order valence-electron chi connectivity index (χ0n) is 8.66. The van der Waals surface area contributed by atoms with Gasteiger partial charge in [0, 0.05) is 13.0 Å². The number of hydrogen-bond donors (Lipinski definition) is 1. The third kappa shape index (κ3) is 1.91. The van der Waals surface area contributed by atoms with Crippen molar-refractivity contribution in [2.24, 2.45) is 5.92 Å². The van der Waals surface area contributed by atoms with Gasteiger partial charge in [-0.05, 0) is 32.5 Å². The van der Waals surface area contributed by atoms with Crippen LogP contribution in [0.4, 0.5) is 0 Å². The third-order valence-electron chi connectivity index (χ3n) is 3.16. The largest absolute Gasteiger partial charge is 0.464 e. The molecule has 0 spiro atoms. The van der Waals surface area contributed by atoms with Crippen LogP contribution in [-0.2, 0) is 9.53 Å². The van der Waals surface area contributed by atoms with Crippen LogP contribution >= 0.6 is 0 Å². The minimum atomic E-state index is -0.0184.